The SMILES string of the molecule is CO[C@H]1[C@H]([C@H]2O[C@@H]2CC=C(C)C)[C@]2(CC[C@H]1OC(=O)N[C@@H](COC(=O)[C@H](C)NC(=O)[C@H](Cc1c[nH]c3ccccc13)NC(=O)[C@@H](N)CCSC)C(C)C)CO2. The summed E-state index contributed by atoms with van der Waals surface area (Å²) in [6, 6.07) is 4.24. The number of esters is 1. The second-order valence-corrected chi connectivity index (χ2v) is 16.6. The van der Waals surface area contributed by atoms with Crippen molar-refractivity contribution in [2.45, 2.75) is 121 Å². The number of nitrogens with two attached hydrogens (primary N) is 1. The summed E-state index contributed by atoms with van der Waals surface area (Å²) in [5, 5.41) is 9.28. The average Bonchev–Trinajstić information content (AvgIpc) is 4.08. The molecule has 0 bridgehead atoms. The zero-order valence-corrected chi connectivity index (χ0v) is 33.9. The summed E-state index contributed by atoms with van der Waals surface area (Å²) in [7, 11) is 1.62. The van der Waals surface area contributed by atoms with E-state index < -0.39 is 60.3 Å². The van der Waals surface area contributed by atoms with Crippen molar-refractivity contribution < 1.29 is 42.9 Å². The lowest BCUT2D eigenvalue weighted by molar-refractivity contribution is -0.148. The summed E-state index contributed by atoms with van der Waals surface area (Å²) in [6.07, 6.45) is 7.13. The van der Waals surface area contributed by atoms with Crippen LogP contribution in [0.4, 0.5) is 4.79 Å². The minimum Gasteiger partial charge on any atom is -0.462 e. The van der Waals surface area contributed by atoms with Crippen LogP contribution in [0.25, 0.3) is 10.9 Å². The first-order valence-electron chi connectivity index (χ1n) is 19.3. The highest BCUT2D eigenvalue weighted by Crippen LogP contribution is 2.54. The van der Waals surface area contributed by atoms with Crippen LogP contribution in [0.1, 0.15) is 65.9 Å². The monoisotopic (exact) mass is 785 g/mol. The van der Waals surface area contributed by atoms with Gasteiger partial charge in [0.15, 0.2) is 0 Å². The van der Waals surface area contributed by atoms with Crippen molar-refractivity contribution in [2.75, 3.05) is 32.3 Å². The van der Waals surface area contributed by atoms with E-state index in [-0.39, 0.29) is 42.7 Å². The highest BCUT2D eigenvalue weighted by atomic mass is 32.2. The van der Waals surface area contributed by atoms with Gasteiger partial charge in [0.1, 0.15) is 30.9 Å². The molecule has 1 aromatic heterocycles. The lowest BCUT2D eigenvalue weighted by atomic mass is 9.73. The number of carbonyl (C=O) groups excluding carboxylic acids is 4. The smallest absolute Gasteiger partial charge is 0.407 e. The van der Waals surface area contributed by atoms with Gasteiger partial charge in [-0.1, -0.05) is 43.7 Å². The maximum Gasteiger partial charge on any atom is 0.407 e. The van der Waals surface area contributed by atoms with Crippen molar-refractivity contribution in [3.05, 3.63) is 47.7 Å². The molecule has 1 saturated carbocycles. The molecule has 2 aliphatic heterocycles. The number of aromatic amines is 1. The number of nitrogens with one attached hydrogen (secondary N) is 4. The first-order chi connectivity index (χ1) is 26.3. The van der Waals surface area contributed by atoms with Crippen LogP contribution in [0, 0.1) is 11.8 Å². The Balaban J connectivity index is 1.15. The molecule has 14 nitrogen and oxygen atoms in total. The number of rotatable bonds is 19. The molecule has 6 N–H and O–H groups in total. The zero-order valence-electron chi connectivity index (χ0n) is 33.1. The number of ether oxygens (including phenoxy) is 5. The van der Waals surface area contributed by atoms with Gasteiger partial charge in [-0.2, -0.15) is 11.8 Å². The molecule has 304 valence electrons. The zero-order chi connectivity index (χ0) is 39.9. The van der Waals surface area contributed by atoms with Crippen molar-refractivity contribution >= 4 is 46.5 Å². The number of hydrogen-bond acceptors (Lipinski definition) is 11. The van der Waals surface area contributed by atoms with Crippen LogP contribution in [-0.4, -0.2) is 115 Å². The average molecular weight is 786 g/mol. The third-order valence-corrected chi connectivity index (χ3v) is 11.5. The Morgan fingerprint density at radius 2 is 1.85 bits per heavy atom. The quantitative estimate of drug-likeness (QED) is 0.0790. The third kappa shape index (κ3) is 11.0. The lowest BCUT2D eigenvalue weighted by Gasteiger charge is -2.40. The summed E-state index contributed by atoms with van der Waals surface area (Å²) < 4.78 is 29.6. The number of alkyl carbamates (subject to hydrolysis) is 1. The van der Waals surface area contributed by atoms with E-state index in [0.717, 1.165) is 29.3 Å². The number of thioether (sulfide) groups is 1. The number of H-pyrrole nitrogens is 1. The van der Waals surface area contributed by atoms with E-state index in [1.54, 1.807) is 25.1 Å². The summed E-state index contributed by atoms with van der Waals surface area (Å²) in [4.78, 5) is 56.3. The number of fused-ring (bicyclic) bond motifs is 1. The van der Waals surface area contributed by atoms with Crippen LogP contribution in [-0.2, 0) is 44.5 Å². The minimum atomic E-state index is -1.05. The number of methoxy groups -OCH3 is 1. The summed E-state index contributed by atoms with van der Waals surface area (Å²) in [5.74, 6) is -1.19. The van der Waals surface area contributed by atoms with Gasteiger partial charge >= 0.3 is 12.1 Å². The first kappa shape index (κ1) is 42.5. The fourth-order valence-electron chi connectivity index (χ4n) is 7.38. The highest BCUT2D eigenvalue weighted by Gasteiger charge is 2.66. The predicted molar refractivity (Wildman–Crippen MR) is 210 cm³/mol. The van der Waals surface area contributed by atoms with E-state index in [9.17, 15) is 19.2 Å². The predicted octanol–water partition coefficient (Wildman–Crippen LogP) is 3.76. The molecule has 1 aromatic carbocycles. The van der Waals surface area contributed by atoms with Crippen LogP contribution in [0.15, 0.2) is 42.1 Å². The Morgan fingerprint density at radius 3 is 2.53 bits per heavy atom. The molecule has 3 fully saturated rings. The number of aromatic nitrogens is 1. The molecule has 3 amide bonds. The Kier molecular flexibility index (Phi) is 14.7. The first-order valence-corrected chi connectivity index (χ1v) is 20.7. The molecule has 1 spiro atoms. The molecule has 0 unspecified atom stereocenters. The van der Waals surface area contributed by atoms with Crippen LogP contribution in [0.2, 0.25) is 0 Å². The molecule has 5 rings (SSSR count). The number of hydrogen-bond donors (Lipinski definition) is 5. The van der Waals surface area contributed by atoms with E-state index in [0.29, 0.717) is 25.2 Å². The molecule has 55 heavy (non-hydrogen) atoms. The van der Waals surface area contributed by atoms with Gasteiger partial charge in [-0.3, -0.25) is 9.59 Å². The Bertz CT molecular complexity index is 1670. The Labute approximate surface area is 328 Å². The topological polar surface area (TPSA) is 199 Å². The van der Waals surface area contributed by atoms with Crippen LogP contribution in [0.3, 0.4) is 0 Å². The van der Waals surface area contributed by atoms with E-state index >= 15 is 0 Å². The van der Waals surface area contributed by atoms with Crippen molar-refractivity contribution in [1.29, 1.82) is 0 Å². The molecule has 10 atom stereocenters. The van der Waals surface area contributed by atoms with Crippen molar-refractivity contribution in [2.24, 2.45) is 17.6 Å². The molecule has 3 heterocycles. The largest absolute Gasteiger partial charge is 0.462 e. The molecule has 0 radical (unpaired) electrons. The molecule has 2 aromatic rings. The van der Waals surface area contributed by atoms with Crippen LogP contribution < -0.4 is 21.7 Å². The van der Waals surface area contributed by atoms with E-state index in [1.807, 2.05) is 44.4 Å². The summed E-state index contributed by atoms with van der Waals surface area (Å²) in [6.45, 7) is 9.91. The third-order valence-electron chi connectivity index (χ3n) is 10.9. The number of benzene rings is 1. The lowest BCUT2D eigenvalue weighted by Crippen LogP contribution is -2.55. The van der Waals surface area contributed by atoms with E-state index in [4.69, 9.17) is 29.4 Å². The Hall–Kier alpha value is -3.63. The second-order valence-electron chi connectivity index (χ2n) is 15.6. The number of amides is 3. The molecule has 1 aliphatic carbocycles. The van der Waals surface area contributed by atoms with Crippen molar-refractivity contribution in [1.82, 2.24) is 20.9 Å². The number of carbonyl (C=O) groups is 4. The van der Waals surface area contributed by atoms with Gasteiger partial charge in [0.25, 0.3) is 0 Å². The molecular weight excluding hydrogens is 727 g/mol. The van der Waals surface area contributed by atoms with Gasteiger partial charge in [-0.25, -0.2) is 9.59 Å². The van der Waals surface area contributed by atoms with Gasteiger partial charge in [0.05, 0.1) is 36.5 Å². The standard InChI is InChI=1S/C40H59N5O9S/c1-22(2)12-13-31-35(53-31)33-34(50-6)32(14-16-40(33)21-52-40)54-39(49)45-30(23(3)4)20-51-38(48)24(5)43-37(47)29(44-36(46)27(41)15-17-55-7)18-25-19-42-28-11-9-8-10-26(25)28/h8-12,19,23-24,27,29-35,42H,13-18,20-21,41H2,1-7H3,(H,43,47)(H,44,46)(H,45,49)/t24-,27-,29-,30-,31+,32+,33+,34+,35-,40-/m0/s1. The fourth-order valence-corrected chi connectivity index (χ4v) is 7.87. The number of epoxide rings is 2. The van der Waals surface area contributed by atoms with Gasteiger partial charge in [-0.05, 0) is 76.0 Å². The van der Waals surface area contributed by atoms with Gasteiger partial charge in [-0.15, -0.1) is 0 Å². The maximum atomic E-state index is 13.6. The van der Waals surface area contributed by atoms with E-state index in [1.165, 1.54) is 12.5 Å². The van der Waals surface area contributed by atoms with Crippen LogP contribution in [0.5, 0.6) is 0 Å². The maximum absolute atomic E-state index is 13.6. The Morgan fingerprint density at radius 1 is 1.11 bits per heavy atom. The van der Waals surface area contributed by atoms with E-state index in [2.05, 4.69) is 40.9 Å². The second kappa shape index (κ2) is 19.0. The van der Waals surface area contributed by atoms with Crippen molar-refractivity contribution in [3.8, 4) is 0 Å². The van der Waals surface area contributed by atoms with Gasteiger partial charge in [0, 0.05) is 36.5 Å². The summed E-state index contributed by atoms with van der Waals surface area (Å²) in [5.41, 5.74) is 8.76. The van der Waals surface area contributed by atoms with Gasteiger partial charge < -0.3 is 50.4 Å². The fraction of sp³-hybridized carbons (Fsp3) is 0.650. The minimum absolute atomic E-state index is 0.0366. The molecule has 2 saturated heterocycles. The highest BCUT2D eigenvalue weighted by molar-refractivity contribution is 7.98. The normalized spacial score (nSPS) is 26.4. The van der Waals surface area contributed by atoms with Crippen LogP contribution >= 0.6 is 11.8 Å². The molecule has 3 aliphatic rings. The molecular formula is C40H59N5O9S. The summed E-state index contributed by atoms with van der Waals surface area (Å²) >= 11 is 1.58. The number of allylic oxidation sites excluding steroid dienone is 1. The van der Waals surface area contributed by atoms with Gasteiger partial charge in [0.2, 0.25) is 11.8 Å². The molecule has 15 heteroatoms. The van der Waals surface area contributed by atoms with Crippen molar-refractivity contribution in [3.63, 3.8) is 0 Å². The number of para-hydroxylation sites is 1.